The first-order valence-electron chi connectivity index (χ1n) is 3.23. The zero-order valence-electron chi connectivity index (χ0n) is 5.63. The molecule has 3 heteroatoms. The van der Waals surface area contributed by atoms with Crippen molar-refractivity contribution in [3.63, 3.8) is 0 Å². The van der Waals surface area contributed by atoms with Crippen LogP contribution in [0, 0.1) is 0 Å². The van der Waals surface area contributed by atoms with Crippen LogP contribution < -0.4 is 0 Å². The second-order valence-corrected chi connectivity index (χ2v) is 2.77. The number of halogens is 1. The highest BCUT2D eigenvalue weighted by Gasteiger charge is 2.00. The van der Waals surface area contributed by atoms with Gasteiger partial charge in [-0.15, -0.1) is 0 Å². The van der Waals surface area contributed by atoms with Gasteiger partial charge in [-0.1, -0.05) is 11.6 Å². The Labute approximate surface area is 68.4 Å². The molecule has 2 aromatic rings. The van der Waals surface area contributed by atoms with Crippen LogP contribution in [0.5, 0.6) is 5.75 Å². The molecule has 0 spiro atoms. The van der Waals surface area contributed by atoms with E-state index in [9.17, 15) is 0 Å². The van der Waals surface area contributed by atoms with Gasteiger partial charge in [0.25, 0.3) is 0 Å². The molecule has 0 aliphatic rings. The highest BCUT2D eigenvalue weighted by atomic mass is 35.5. The normalized spacial score (nSPS) is 10.6. The summed E-state index contributed by atoms with van der Waals surface area (Å²) in [5.41, 5.74) is 0.938. The fraction of sp³-hybridized carbons (Fsp3) is 0. The van der Waals surface area contributed by atoms with Crippen LogP contribution in [0.25, 0.3) is 10.9 Å². The van der Waals surface area contributed by atoms with Crippen molar-refractivity contribution in [3.8, 4) is 5.75 Å². The van der Waals surface area contributed by atoms with Gasteiger partial charge in [0.05, 0.1) is 5.02 Å². The van der Waals surface area contributed by atoms with E-state index >= 15 is 0 Å². The Balaban J connectivity index is 2.87. The van der Waals surface area contributed by atoms with Crippen LogP contribution in [0.1, 0.15) is 0 Å². The van der Waals surface area contributed by atoms with E-state index in [1.807, 2.05) is 0 Å². The van der Waals surface area contributed by atoms with Gasteiger partial charge in [0.2, 0.25) is 0 Å². The van der Waals surface area contributed by atoms with Crippen LogP contribution in [-0.4, -0.2) is 10.1 Å². The van der Waals surface area contributed by atoms with Crippen LogP contribution in [-0.2, 0) is 0 Å². The number of hydrogen-bond acceptors (Lipinski definition) is 1. The summed E-state index contributed by atoms with van der Waals surface area (Å²) >= 11 is 5.80. The number of aromatic hydroxyl groups is 1. The highest BCUT2D eigenvalue weighted by molar-refractivity contribution is 6.35. The number of benzene rings is 1. The first-order chi connectivity index (χ1) is 5.27. The maximum Gasteiger partial charge on any atom is 0.116 e. The second-order valence-electron chi connectivity index (χ2n) is 2.37. The molecule has 0 atom stereocenters. The zero-order chi connectivity index (χ0) is 7.84. The van der Waals surface area contributed by atoms with E-state index in [0.29, 0.717) is 5.02 Å². The van der Waals surface area contributed by atoms with Gasteiger partial charge in [-0.3, -0.25) is 0 Å². The summed E-state index contributed by atoms with van der Waals surface area (Å²) in [6.07, 6.45) is 1.70. The average Bonchev–Trinajstić information content (AvgIpc) is 2.33. The van der Waals surface area contributed by atoms with Crippen molar-refractivity contribution >= 4 is 22.5 Å². The van der Waals surface area contributed by atoms with Crippen LogP contribution in [0.2, 0.25) is 5.02 Å². The number of rotatable bonds is 0. The van der Waals surface area contributed by atoms with E-state index in [-0.39, 0.29) is 5.75 Å². The van der Waals surface area contributed by atoms with Crippen molar-refractivity contribution in [1.82, 2.24) is 4.98 Å². The summed E-state index contributed by atoms with van der Waals surface area (Å²) < 4.78 is 0. The van der Waals surface area contributed by atoms with E-state index < -0.39 is 0 Å². The lowest BCUT2D eigenvalue weighted by molar-refractivity contribution is 0.476. The van der Waals surface area contributed by atoms with Gasteiger partial charge in [-0.2, -0.15) is 0 Å². The van der Waals surface area contributed by atoms with Crippen molar-refractivity contribution in [1.29, 1.82) is 0 Å². The van der Waals surface area contributed by atoms with Crippen molar-refractivity contribution in [2.24, 2.45) is 0 Å². The average molecular weight is 168 g/mol. The molecule has 2 N–H and O–H groups in total. The maximum atomic E-state index is 9.10. The van der Waals surface area contributed by atoms with Crippen LogP contribution in [0.15, 0.2) is 24.4 Å². The molecule has 0 radical (unpaired) electrons. The summed E-state index contributed by atoms with van der Waals surface area (Å²) in [6, 6.07) is 5.04. The predicted octanol–water partition coefficient (Wildman–Crippen LogP) is 2.53. The third-order valence-corrected chi connectivity index (χ3v) is 1.93. The van der Waals surface area contributed by atoms with E-state index in [1.165, 1.54) is 0 Å². The van der Waals surface area contributed by atoms with Gasteiger partial charge in [-0.05, 0) is 18.2 Å². The molecular weight excluding hydrogens is 162 g/mol. The number of H-pyrrole nitrogens is 1. The molecule has 1 heterocycles. The molecule has 2 rings (SSSR count). The number of aromatic amines is 1. The van der Waals surface area contributed by atoms with Crippen molar-refractivity contribution in [3.05, 3.63) is 29.4 Å². The molecule has 0 saturated carbocycles. The largest absolute Gasteiger partial charge is 0.508 e. The number of phenolic OH excluding ortho intramolecular Hbond substituents is 1. The number of hydrogen-bond donors (Lipinski definition) is 2. The van der Waals surface area contributed by atoms with Gasteiger partial charge in [-0.25, -0.2) is 0 Å². The first kappa shape index (κ1) is 6.55. The van der Waals surface area contributed by atoms with Gasteiger partial charge < -0.3 is 10.1 Å². The molecule has 2 nitrogen and oxygen atoms in total. The Morgan fingerprint density at radius 3 is 3.00 bits per heavy atom. The van der Waals surface area contributed by atoms with Crippen LogP contribution >= 0.6 is 11.6 Å². The Bertz CT molecular complexity index is 394. The molecule has 0 aliphatic carbocycles. The van der Waals surface area contributed by atoms with Gasteiger partial charge in [0.15, 0.2) is 0 Å². The number of aromatic nitrogens is 1. The molecular formula is C8H6ClNO. The SMILES string of the molecule is Oc1ccc2[nH]cc(Cl)c2c1. The molecule has 11 heavy (non-hydrogen) atoms. The van der Waals surface area contributed by atoms with Gasteiger partial charge in [0, 0.05) is 17.1 Å². The second kappa shape index (κ2) is 2.17. The topological polar surface area (TPSA) is 36.0 Å². The maximum absolute atomic E-state index is 9.10. The zero-order valence-corrected chi connectivity index (χ0v) is 6.39. The summed E-state index contributed by atoms with van der Waals surface area (Å²) in [5, 5.41) is 10.6. The lowest BCUT2D eigenvalue weighted by Gasteiger charge is -1.91. The fourth-order valence-corrected chi connectivity index (χ4v) is 1.29. The molecule has 0 aliphatic heterocycles. The summed E-state index contributed by atoms with van der Waals surface area (Å²) in [7, 11) is 0. The molecule has 0 saturated heterocycles. The molecule has 0 amide bonds. The lowest BCUT2D eigenvalue weighted by Crippen LogP contribution is -1.66. The summed E-state index contributed by atoms with van der Waals surface area (Å²) in [5.74, 6) is 0.235. The summed E-state index contributed by atoms with van der Waals surface area (Å²) in [4.78, 5) is 2.97. The molecule has 1 aromatic carbocycles. The van der Waals surface area contributed by atoms with Gasteiger partial charge >= 0.3 is 0 Å². The number of nitrogens with one attached hydrogen (secondary N) is 1. The smallest absolute Gasteiger partial charge is 0.116 e. The molecule has 56 valence electrons. The highest BCUT2D eigenvalue weighted by Crippen LogP contribution is 2.25. The standard InChI is InChI=1S/C8H6ClNO/c9-7-4-10-8-2-1-5(11)3-6(7)8/h1-4,10-11H. The van der Waals surface area contributed by atoms with E-state index in [2.05, 4.69) is 4.98 Å². The van der Waals surface area contributed by atoms with Crippen molar-refractivity contribution in [2.75, 3.05) is 0 Å². The van der Waals surface area contributed by atoms with E-state index in [4.69, 9.17) is 16.7 Å². The Morgan fingerprint density at radius 1 is 1.36 bits per heavy atom. The molecule has 1 aromatic heterocycles. The Hall–Kier alpha value is -1.15. The quantitative estimate of drug-likeness (QED) is 0.622. The lowest BCUT2D eigenvalue weighted by atomic mass is 10.2. The Kier molecular flexibility index (Phi) is 1.29. The molecule has 0 fully saturated rings. The molecule has 0 bridgehead atoms. The third kappa shape index (κ3) is 0.955. The minimum Gasteiger partial charge on any atom is -0.508 e. The number of phenols is 1. The van der Waals surface area contributed by atoms with Crippen LogP contribution in [0.3, 0.4) is 0 Å². The molecule has 0 unspecified atom stereocenters. The van der Waals surface area contributed by atoms with Crippen molar-refractivity contribution < 1.29 is 5.11 Å². The monoisotopic (exact) mass is 167 g/mol. The van der Waals surface area contributed by atoms with Gasteiger partial charge in [0.1, 0.15) is 5.75 Å². The third-order valence-electron chi connectivity index (χ3n) is 1.61. The van der Waals surface area contributed by atoms with Crippen molar-refractivity contribution in [2.45, 2.75) is 0 Å². The van der Waals surface area contributed by atoms with E-state index in [0.717, 1.165) is 10.9 Å². The van der Waals surface area contributed by atoms with Crippen LogP contribution in [0.4, 0.5) is 0 Å². The Morgan fingerprint density at radius 2 is 2.18 bits per heavy atom. The number of fused-ring (bicyclic) bond motifs is 1. The fourth-order valence-electron chi connectivity index (χ4n) is 1.07. The minimum atomic E-state index is 0.235. The predicted molar refractivity (Wildman–Crippen MR) is 45.0 cm³/mol. The summed E-state index contributed by atoms with van der Waals surface area (Å²) in [6.45, 7) is 0. The van der Waals surface area contributed by atoms with E-state index in [1.54, 1.807) is 24.4 Å². The minimum absolute atomic E-state index is 0.235. The first-order valence-corrected chi connectivity index (χ1v) is 3.61.